The van der Waals surface area contributed by atoms with E-state index < -0.39 is 17.2 Å². The monoisotopic (exact) mass is 477 g/mol. The van der Waals surface area contributed by atoms with Gasteiger partial charge >= 0.3 is 5.69 Å². The fraction of sp³-hybridized carbons (Fsp3) is 0.304. The quantitative estimate of drug-likeness (QED) is 0.352. The molecule has 2 N–H and O–H groups in total. The fourth-order valence-corrected chi connectivity index (χ4v) is 3.86. The van der Waals surface area contributed by atoms with Gasteiger partial charge in [-0.05, 0) is 18.9 Å². The van der Waals surface area contributed by atoms with E-state index in [4.69, 9.17) is 9.47 Å². The van der Waals surface area contributed by atoms with Gasteiger partial charge in [0, 0.05) is 24.4 Å². The van der Waals surface area contributed by atoms with Crippen LogP contribution < -0.4 is 21.3 Å². The summed E-state index contributed by atoms with van der Waals surface area (Å²) in [5.74, 6) is 0.299. The number of amides is 1. The van der Waals surface area contributed by atoms with Crippen LogP contribution in [0.25, 0.3) is 17.0 Å². The van der Waals surface area contributed by atoms with Gasteiger partial charge in [0.1, 0.15) is 12.2 Å². The summed E-state index contributed by atoms with van der Waals surface area (Å²) in [7, 11) is 0. The molecule has 180 valence electrons. The van der Waals surface area contributed by atoms with Gasteiger partial charge in [-0.3, -0.25) is 14.2 Å². The van der Waals surface area contributed by atoms with Gasteiger partial charge in [-0.25, -0.2) is 4.79 Å². The third-order valence-corrected chi connectivity index (χ3v) is 5.62. The number of ether oxygens (including phenoxy) is 2. The molecule has 12 heteroatoms. The van der Waals surface area contributed by atoms with Crippen LogP contribution >= 0.6 is 0 Å². The molecule has 4 aromatic rings. The van der Waals surface area contributed by atoms with E-state index in [-0.39, 0.29) is 31.4 Å². The van der Waals surface area contributed by atoms with E-state index in [0.717, 1.165) is 29.2 Å². The summed E-state index contributed by atoms with van der Waals surface area (Å²) in [5, 5.41) is 15.4. The van der Waals surface area contributed by atoms with Crippen LogP contribution in [0.2, 0.25) is 0 Å². The van der Waals surface area contributed by atoms with Crippen molar-refractivity contribution in [3.8, 4) is 17.3 Å². The minimum absolute atomic E-state index is 0.112. The molecule has 1 aliphatic rings. The molecule has 1 fully saturated rings. The molecule has 0 bridgehead atoms. The van der Waals surface area contributed by atoms with Gasteiger partial charge in [0.05, 0.1) is 19.2 Å². The molecule has 12 nitrogen and oxygen atoms in total. The van der Waals surface area contributed by atoms with E-state index in [2.05, 4.69) is 25.6 Å². The average molecular weight is 477 g/mol. The lowest BCUT2D eigenvalue weighted by atomic mass is 10.2. The molecule has 1 aromatic carbocycles. The fourth-order valence-electron chi connectivity index (χ4n) is 3.86. The maximum atomic E-state index is 12.7. The van der Waals surface area contributed by atoms with E-state index in [1.165, 1.54) is 0 Å². The molecular weight excluding hydrogens is 454 g/mol. The van der Waals surface area contributed by atoms with Crippen molar-refractivity contribution in [1.29, 1.82) is 0 Å². The van der Waals surface area contributed by atoms with Crippen molar-refractivity contribution < 1.29 is 14.3 Å². The Kier molecular flexibility index (Phi) is 6.35. The van der Waals surface area contributed by atoms with Gasteiger partial charge in [0.2, 0.25) is 5.88 Å². The summed E-state index contributed by atoms with van der Waals surface area (Å²) in [5.41, 5.74) is 0.0514. The maximum Gasteiger partial charge on any atom is 0.328 e. The smallest absolute Gasteiger partial charge is 0.328 e. The van der Waals surface area contributed by atoms with Gasteiger partial charge in [-0.2, -0.15) is 4.52 Å². The van der Waals surface area contributed by atoms with Gasteiger partial charge in [0.15, 0.2) is 11.5 Å². The molecule has 4 heterocycles. The van der Waals surface area contributed by atoms with Crippen molar-refractivity contribution in [3.05, 3.63) is 75.1 Å². The van der Waals surface area contributed by atoms with Crippen LogP contribution in [0.3, 0.4) is 0 Å². The first-order chi connectivity index (χ1) is 17.1. The second-order valence-electron chi connectivity index (χ2n) is 7.99. The first kappa shape index (κ1) is 22.5. The number of benzene rings is 1. The van der Waals surface area contributed by atoms with Crippen molar-refractivity contribution in [2.24, 2.45) is 0 Å². The number of carbonyl (C=O) groups excluding carboxylic acids is 1. The number of carbonyl (C=O) groups is 1. The van der Waals surface area contributed by atoms with Crippen LogP contribution in [0.4, 0.5) is 0 Å². The molecule has 5 rings (SSSR count). The van der Waals surface area contributed by atoms with Crippen LogP contribution in [0.15, 0.2) is 58.3 Å². The topological polar surface area (TPSA) is 145 Å². The van der Waals surface area contributed by atoms with E-state index in [9.17, 15) is 14.4 Å². The molecule has 1 atom stereocenters. The SMILES string of the molecule is O=C(NCCOc1ccc2nnc(-c3ccccc3)n2n1)c1c[nH]c(=O)n(CC2CCCO2)c1=O. The summed E-state index contributed by atoms with van der Waals surface area (Å²) < 4.78 is 13.7. The summed E-state index contributed by atoms with van der Waals surface area (Å²) in [6, 6.07) is 12.9. The third-order valence-electron chi connectivity index (χ3n) is 5.62. The molecule has 1 aliphatic heterocycles. The molecule has 1 unspecified atom stereocenters. The van der Waals surface area contributed by atoms with Gasteiger partial charge in [-0.1, -0.05) is 30.3 Å². The Balaban J connectivity index is 1.21. The summed E-state index contributed by atoms with van der Waals surface area (Å²) in [6.45, 7) is 0.946. The molecule has 0 aliphatic carbocycles. The first-order valence-electron chi connectivity index (χ1n) is 11.2. The van der Waals surface area contributed by atoms with Crippen LogP contribution in [0, 0.1) is 0 Å². The second kappa shape index (κ2) is 9.89. The molecule has 35 heavy (non-hydrogen) atoms. The summed E-state index contributed by atoms with van der Waals surface area (Å²) in [4.78, 5) is 39.8. The Hall–Kier alpha value is -4.32. The highest BCUT2D eigenvalue weighted by Gasteiger charge is 2.20. The normalized spacial score (nSPS) is 15.4. The number of aromatic amines is 1. The second-order valence-corrected chi connectivity index (χ2v) is 7.99. The Morgan fingerprint density at radius 3 is 2.83 bits per heavy atom. The molecule has 0 radical (unpaired) electrons. The van der Waals surface area contributed by atoms with Crippen LogP contribution in [0.5, 0.6) is 5.88 Å². The van der Waals surface area contributed by atoms with Crippen molar-refractivity contribution >= 4 is 11.6 Å². The lowest BCUT2D eigenvalue weighted by molar-refractivity contribution is 0.0919. The zero-order valence-corrected chi connectivity index (χ0v) is 18.7. The van der Waals surface area contributed by atoms with Crippen molar-refractivity contribution in [2.45, 2.75) is 25.5 Å². The van der Waals surface area contributed by atoms with Crippen molar-refractivity contribution in [3.63, 3.8) is 0 Å². The highest BCUT2D eigenvalue weighted by molar-refractivity contribution is 5.93. The van der Waals surface area contributed by atoms with E-state index in [0.29, 0.717) is 24.0 Å². The number of fused-ring (bicyclic) bond motifs is 1. The Bertz CT molecular complexity index is 1450. The number of nitrogens with zero attached hydrogens (tertiary/aromatic N) is 5. The third kappa shape index (κ3) is 4.82. The lowest BCUT2D eigenvalue weighted by Crippen LogP contribution is -2.43. The average Bonchev–Trinajstić information content (AvgIpc) is 3.54. The highest BCUT2D eigenvalue weighted by atomic mass is 16.5. The predicted octanol–water partition coefficient (Wildman–Crippen LogP) is 0.629. The van der Waals surface area contributed by atoms with Crippen molar-refractivity contribution in [1.82, 2.24) is 34.7 Å². The number of H-pyrrole nitrogens is 1. The molecular formula is C23H23N7O5. The zero-order valence-electron chi connectivity index (χ0n) is 18.7. The Morgan fingerprint density at radius 2 is 2.03 bits per heavy atom. The van der Waals surface area contributed by atoms with E-state index in [1.807, 2.05) is 30.3 Å². The number of rotatable bonds is 8. The molecule has 1 amide bonds. The molecule has 3 aromatic heterocycles. The zero-order chi connectivity index (χ0) is 24.2. The van der Waals surface area contributed by atoms with Gasteiger partial charge < -0.3 is 19.8 Å². The standard InChI is InChI=1S/C23H23N7O5/c31-21(17-13-25-23(33)29(22(17)32)14-16-7-4-11-34-16)24-10-12-35-19-9-8-18-26-27-20(30(18)28-19)15-5-2-1-3-6-15/h1-3,5-6,8-9,13,16H,4,7,10-12,14H2,(H,24,31)(H,25,33). The lowest BCUT2D eigenvalue weighted by Gasteiger charge is -2.12. The molecule has 1 saturated heterocycles. The van der Waals surface area contributed by atoms with Crippen molar-refractivity contribution in [2.75, 3.05) is 19.8 Å². The molecule has 0 saturated carbocycles. The number of aromatic nitrogens is 6. The van der Waals surface area contributed by atoms with Gasteiger partial charge in [-0.15, -0.1) is 15.3 Å². The number of hydrogen-bond donors (Lipinski definition) is 2. The first-order valence-corrected chi connectivity index (χ1v) is 11.2. The largest absolute Gasteiger partial charge is 0.475 e. The number of nitrogens with one attached hydrogen (secondary N) is 2. The van der Waals surface area contributed by atoms with E-state index >= 15 is 0 Å². The Morgan fingerprint density at radius 1 is 1.17 bits per heavy atom. The Labute approximate surface area is 198 Å². The van der Waals surface area contributed by atoms with Crippen LogP contribution in [-0.4, -0.2) is 61.1 Å². The van der Waals surface area contributed by atoms with Crippen LogP contribution in [-0.2, 0) is 11.3 Å². The minimum atomic E-state index is -0.657. The summed E-state index contributed by atoms with van der Waals surface area (Å²) >= 11 is 0. The van der Waals surface area contributed by atoms with E-state index in [1.54, 1.807) is 16.6 Å². The molecule has 0 spiro atoms. The van der Waals surface area contributed by atoms with Gasteiger partial charge in [0.25, 0.3) is 11.5 Å². The minimum Gasteiger partial charge on any atom is -0.475 e. The maximum absolute atomic E-state index is 12.7. The highest BCUT2D eigenvalue weighted by Crippen LogP contribution is 2.18. The predicted molar refractivity (Wildman–Crippen MR) is 124 cm³/mol. The summed E-state index contributed by atoms with van der Waals surface area (Å²) in [6.07, 6.45) is 2.56. The number of hydrogen-bond acceptors (Lipinski definition) is 8. The van der Waals surface area contributed by atoms with Crippen LogP contribution in [0.1, 0.15) is 23.2 Å².